The van der Waals surface area contributed by atoms with E-state index >= 15 is 0 Å². The van der Waals surface area contributed by atoms with Crippen LogP contribution >= 0.6 is 0 Å². The number of halogens is 3. The molecule has 0 saturated heterocycles. The van der Waals surface area contributed by atoms with Crippen LogP contribution in [0, 0.1) is 29.3 Å². The van der Waals surface area contributed by atoms with E-state index in [9.17, 15) is 13.2 Å². The van der Waals surface area contributed by atoms with Gasteiger partial charge in [0.25, 0.3) is 0 Å². The van der Waals surface area contributed by atoms with E-state index in [4.69, 9.17) is 4.74 Å². The summed E-state index contributed by atoms with van der Waals surface area (Å²) in [6.45, 7) is 4.60. The van der Waals surface area contributed by atoms with Gasteiger partial charge in [-0.3, -0.25) is 0 Å². The molecule has 1 fully saturated rings. The van der Waals surface area contributed by atoms with Crippen molar-refractivity contribution < 1.29 is 17.9 Å². The van der Waals surface area contributed by atoms with Crippen molar-refractivity contribution in [2.24, 2.45) is 11.8 Å². The van der Waals surface area contributed by atoms with E-state index in [1.54, 1.807) is 12.1 Å². The van der Waals surface area contributed by atoms with E-state index in [1.165, 1.54) is 38.2 Å². The fraction of sp³-hybridized carbons (Fsp3) is 0.583. The largest absolute Gasteiger partial charge is 0.490 e. The molecule has 1 nitrogen and oxygen atoms in total. The normalized spacial score (nSPS) is 19.9. The Balaban J connectivity index is 1.75. The molecule has 1 saturated carbocycles. The second kappa shape index (κ2) is 9.67. The third-order valence-electron chi connectivity index (χ3n) is 6.28. The molecule has 154 valence electrons. The smallest absolute Gasteiger partial charge is 0.175 e. The molecule has 2 aromatic rings. The van der Waals surface area contributed by atoms with Gasteiger partial charge < -0.3 is 4.74 Å². The molecule has 1 aliphatic rings. The first kappa shape index (κ1) is 21.0. The summed E-state index contributed by atoms with van der Waals surface area (Å²) >= 11 is 0. The Labute approximate surface area is 166 Å². The summed E-state index contributed by atoms with van der Waals surface area (Å²) in [4.78, 5) is 0. The topological polar surface area (TPSA) is 9.23 Å². The van der Waals surface area contributed by atoms with E-state index in [-0.39, 0.29) is 11.1 Å². The zero-order valence-corrected chi connectivity index (χ0v) is 17.0. The zero-order valence-electron chi connectivity index (χ0n) is 17.0. The van der Waals surface area contributed by atoms with Crippen LogP contribution in [0.25, 0.3) is 10.8 Å². The van der Waals surface area contributed by atoms with Gasteiger partial charge in [0.05, 0.1) is 12.0 Å². The molecule has 0 unspecified atom stereocenters. The van der Waals surface area contributed by atoms with Crippen molar-refractivity contribution in [3.8, 4) is 5.75 Å². The van der Waals surface area contributed by atoms with Gasteiger partial charge in [0.15, 0.2) is 23.2 Å². The van der Waals surface area contributed by atoms with Gasteiger partial charge in [-0.25, -0.2) is 13.2 Å². The molecule has 0 atom stereocenters. The van der Waals surface area contributed by atoms with Crippen molar-refractivity contribution in [2.45, 2.75) is 71.6 Å². The lowest BCUT2D eigenvalue weighted by Gasteiger charge is -2.27. The van der Waals surface area contributed by atoms with Crippen LogP contribution in [0.2, 0.25) is 0 Å². The van der Waals surface area contributed by atoms with E-state index in [0.717, 1.165) is 25.2 Å². The summed E-state index contributed by atoms with van der Waals surface area (Å²) in [6.07, 6.45) is 9.10. The van der Waals surface area contributed by atoms with Gasteiger partial charge in [-0.1, -0.05) is 58.4 Å². The number of rotatable bonds is 8. The minimum Gasteiger partial charge on any atom is -0.490 e. The first-order chi connectivity index (χ1) is 13.5. The van der Waals surface area contributed by atoms with Crippen LogP contribution in [0.15, 0.2) is 18.2 Å². The summed E-state index contributed by atoms with van der Waals surface area (Å²) in [6, 6.07) is 4.74. The van der Waals surface area contributed by atoms with Gasteiger partial charge in [-0.2, -0.15) is 0 Å². The average molecular weight is 393 g/mol. The van der Waals surface area contributed by atoms with Crippen molar-refractivity contribution in [3.63, 3.8) is 0 Å². The predicted molar refractivity (Wildman–Crippen MR) is 108 cm³/mol. The van der Waals surface area contributed by atoms with Gasteiger partial charge in [-0.05, 0) is 54.2 Å². The van der Waals surface area contributed by atoms with Crippen molar-refractivity contribution in [1.29, 1.82) is 0 Å². The van der Waals surface area contributed by atoms with Crippen LogP contribution in [0.1, 0.15) is 70.8 Å². The minimum absolute atomic E-state index is 0.0142. The van der Waals surface area contributed by atoms with Gasteiger partial charge in [0, 0.05) is 0 Å². The molecular formula is C24H31F3O. The number of hydrogen-bond acceptors (Lipinski definition) is 1. The summed E-state index contributed by atoms with van der Waals surface area (Å²) in [5, 5.41) is 0.0858. The van der Waals surface area contributed by atoms with E-state index in [2.05, 4.69) is 6.92 Å². The summed E-state index contributed by atoms with van der Waals surface area (Å²) < 4.78 is 49.4. The number of benzene rings is 2. The Hall–Kier alpha value is -1.71. The molecular weight excluding hydrogens is 361 g/mol. The number of fused-ring (bicyclic) bond motifs is 1. The lowest BCUT2D eigenvalue weighted by Crippen LogP contribution is -2.14. The fourth-order valence-electron chi connectivity index (χ4n) is 4.32. The SMILES string of the molecule is CCCCOc1ccc2cc(CCC3CCC(CC)CC3)c(F)c(F)c2c1F. The van der Waals surface area contributed by atoms with Gasteiger partial charge in [0.1, 0.15) is 0 Å². The second-order valence-corrected chi connectivity index (χ2v) is 8.18. The maximum absolute atomic E-state index is 14.7. The molecule has 0 N–H and O–H groups in total. The first-order valence-corrected chi connectivity index (χ1v) is 10.8. The molecule has 0 heterocycles. The second-order valence-electron chi connectivity index (χ2n) is 8.18. The van der Waals surface area contributed by atoms with Gasteiger partial charge in [-0.15, -0.1) is 0 Å². The van der Waals surface area contributed by atoms with Crippen molar-refractivity contribution in [1.82, 2.24) is 0 Å². The van der Waals surface area contributed by atoms with Crippen LogP contribution < -0.4 is 4.74 Å². The Kier molecular flexibility index (Phi) is 7.25. The molecule has 0 aromatic heterocycles. The lowest BCUT2D eigenvalue weighted by molar-refractivity contribution is 0.258. The van der Waals surface area contributed by atoms with Crippen molar-refractivity contribution in [2.75, 3.05) is 6.61 Å². The molecule has 3 rings (SSSR count). The Morgan fingerprint density at radius 2 is 1.64 bits per heavy atom. The summed E-state index contributed by atoms with van der Waals surface area (Å²) in [7, 11) is 0. The molecule has 28 heavy (non-hydrogen) atoms. The minimum atomic E-state index is -1.10. The Morgan fingerprint density at radius 3 is 2.32 bits per heavy atom. The molecule has 2 aromatic carbocycles. The van der Waals surface area contributed by atoms with Crippen LogP contribution in [0.5, 0.6) is 5.75 Å². The third kappa shape index (κ3) is 4.64. The van der Waals surface area contributed by atoms with Crippen LogP contribution in [-0.2, 0) is 6.42 Å². The molecule has 0 amide bonds. The van der Waals surface area contributed by atoms with E-state index in [0.29, 0.717) is 29.9 Å². The highest BCUT2D eigenvalue weighted by molar-refractivity contribution is 5.86. The van der Waals surface area contributed by atoms with E-state index in [1.807, 2.05) is 6.92 Å². The van der Waals surface area contributed by atoms with Crippen molar-refractivity contribution in [3.05, 3.63) is 41.2 Å². The maximum atomic E-state index is 14.7. The van der Waals surface area contributed by atoms with Gasteiger partial charge in [0.2, 0.25) is 0 Å². The summed E-state index contributed by atoms with van der Waals surface area (Å²) in [5.41, 5.74) is 0.349. The molecule has 0 aliphatic heterocycles. The van der Waals surface area contributed by atoms with Gasteiger partial charge >= 0.3 is 0 Å². The quantitative estimate of drug-likeness (QED) is 0.421. The molecule has 4 heteroatoms. The lowest BCUT2D eigenvalue weighted by atomic mass is 9.78. The summed E-state index contributed by atoms with van der Waals surface area (Å²) in [5.74, 6) is -1.44. The number of ether oxygens (including phenoxy) is 1. The van der Waals surface area contributed by atoms with Crippen LogP contribution in [0.3, 0.4) is 0 Å². The predicted octanol–water partition coefficient (Wildman–Crippen LogP) is 7.59. The highest BCUT2D eigenvalue weighted by Crippen LogP contribution is 2.35. The maximum Gasteiger partial charge on any atom is 0.175 e. The zero-order chi connectivity index (χ0) is 20.1. The molecule has 0 radical (unpaired) electrons. The molecule has 0 spiro atoms. The Bertz CT molecular complexity index is 794. The van der Waals surface area contributed by atoms with E-state index < -0.39 is 17.5 Å². The van der Waals surface area contributed by atoms with Crippen LogP contribution in [0.4, 0.5) is 13.2 Å². The third-order valence-corrected chi connectivity index (χ3v) is 6.28. The monoisotopic (exact) mass is 392 g/mol. The number of hydrogen-bond donors (Lipinski definition) is 0. The number of aryl methyl sites for hydroxylation is 1. The van der Waals surface area contributed by atoms with Crippen LogP contribution in [-0.4, -0.2) is 6.61 Å². The fourth-order valence-corrected chi connectivity index (χ4v) is 4.32. The first-order valence-electron chi connectivity index (χ1n) is 10.8. The molecule has 1 aliphatic carbocycles. The van der Waals surface area contributed by atoms with Crippen molar-refractivity contribution >= 4 is 10.8 Å². The molecule has 0 bridgehead atoms. The Morgan fingerprint density at radius 1 is 0.929 bits per heavy atom. The standard InChI is InChI=1S/C24H31F3O/c1-3-5-14-28-20-13-12-18-15-19(22(25)24(27)21(18)23(20)26)11-10-17-8-6-16(4-2)7-9-17/h12-13,15-17H,3-11,14H2,1-2H3. The highest BCUT2D eigenvalue weighted by Gasteiger charge is 2.22. The highest BCUT2D eigenvalue weighted by atomic mass is 19.2. The number of unbranched alkanes of at least 4 members (excludes halogenated alkanes) is 1. The average Bonchev–Trinajstić information content (AvgIpc) is 2.71.